The van der Waals surface area contributed by atoms with Crippen LogP contribution < -0.4 is 5.32 Å². The van der Waals surface area contributed by atoms with Gasteiger partial charge >= 0.3 is 0 Å². The number of hydrogen-bond donors (Lipinski definition) is 3. The topological polar surface area (TPSA) is 121 Å². The molecule has 2 aromatic rings. The van der Waals surface area contributed by atoms with Gasteiger partial charge in [0.15, 0.2) is 23.0 Å². The number of hydrogen-bond acceptors (Lipinski definition) is 7. The van der Waals surface area contributed by atoms with Gasteiger partial charge < -0.3 is 15.5 Å². The lowest BCUT2D eigenvalue weighted by molar-refractivity contribution is -0.165. The van der Waals surface area contributed by atoms with Crippen LogP contribution in [0.15, 0.2) is 41.5 Å². The fourth-order valence-electron chi connectivity index (χ4n) is 6.87. The van der Waals surface area contributed by atoms with Gasteiger partial charge in [0, 0.05) is 30.1 Å². The molecule has 3 aliphatic carbocycles. The van der Waals surface area contributed by atoms with E-state index in [0.717, 1.165) is 5.56 Å². The molecular weight excluding hydrogens is 501 g/mol. The number of phenols is 1. The van der Waals surface area contributed by atoms with E-state index in [9.17, 15) is 33.8 Å². The predicted octanol–water partition coefficient (Wildman–Crippen LogP) is 3.55. The molecule has 0 saturated heterocycles. The van der Waals surface area contributed by atoms with E-state index in [-0.39, 0.29) is 48.6 Å². The van der Waals surface area contributed by atoms with E-state index in [0.29, 0.717) is 35.1 Å². The Balaban J connectivity index is 1.49. The number of nitrogens with one attached hydrogen (secondary N) is 1. The SMILES string of the molecule is CCc1cc(CNCc2ccccc2F)c(O)c2c1C[C@H]1C[C@H]3CC(C)=C(C(C)=O)C(=O)[C@@]3(O)C(=O)C1C2=O. The van der Waals surface area contributed by atoms with Crippen LogP contribution >= 0.6 is 0 Å². The van der Waals surface area contributed by atoms with E-state index < -0.39 is 46.5 Å². The van der Waals surface area contributed by atoms with Gasteiger partial charge in [-0.3, -0.25) is 19.2 Å². The molecule has 39 heavy (non-hydrogen) atoms. The van der Waals surface area contributed by atoms with Crippen LogP contribution in [0.2, 0.25) is 0 Å². The molecule has 8 heteroatoms. The number of aliphatic hydroxyl groups is 1. The van der Waals surface area contributed by atoms with Gasteiger partial charge in [0.2, 0.25) is 5.78 Å². The zero-order chi connectivity index (χ0) is 28.2. The molecule has 0 heterocycles. The molecule has 204 valence electrons. The van der Waals surface area contributed by atoms with Crippen molar-refractivity contribution < 1.29 is 33.8 Å². The number of Topliss-reactive ketones (excluding diaryl/α,β-unsaturated/α-hetero) is 4. The molecule has 1 fully saturated rings. The molecule has 1 unspecified atom stereocenters. The maximum absolute atomic E-state index is 14.0. The zero-order valence-corrected chi connectivity index (χ0v) is 22.3. The van der Waals surface area contributed by atoms with E-state index in [1.165, 1.54) is 13.0 Å². The van der Waals surface area contributed by atoms with Crippen LogP contribution in [0.4, 0.5) is 4.39 Å². The Hall–Kier alpha value is -3.49. The minimum absolute atomic E-state index is 0.0514. The molecule has 3 aliphatic rings. The molecule has 5 rings (SSSR count). The fourth-order valence-corrected chi connectivity index (χ4v) is 6.87. The summed E-state index contributed by atoms with van der Waals surface area (Å²) in [6, 6.07) is 8.20. The van der Waals surface area contributed by atoms with E-state index in [1.807, 2.05) is 13.0 Å². The molecule has 0 spiro atoms. The highest BCUT2D eigenvalue weighted by Gasteiger charge is 2.63. The molecule has 3 N–H and O–H groups in total. The normalized spacial score (nSPS) is 26.3. The molecule has 1 saturated carbocycles. The monoisotopic (exact) mass is 533 g/mol. The highest BCUT2D eigenvalue weighted by molar-refractivity contribution is 6.32. The van der Waals surface area contributed by atoms with Crippen molar-refractivity contribution in [1.29, 1.82) is 0 Å². The number of carbonyl (C=O) groups is 4. The summed E-state index contributed by atoms with van der Waals surface area (Å²) in [6.07, 6.45) is 1.46. The fraction of sp³-hybridized carbons (Fsp3) is 0.419. The van der Waals surface area contributed by atoms with Crippen LogP contribution in [-0.2, 0) is 40.3 Å². The van der Waals surface area contributed by atoms with Crippen molar-refractivity contribution in [2.45, 2.75) is 65.1 Å². The molecule has 4 atom stereocenters. The average molecular weight is 534 g/mol. The number of benzene rings is 2. The number of carbonyl (C=O) groups excluding carboxylic acids is 4. The largest absolute Gasteiger partial charge is 0.507 e. The summed E-state index contributed by atoms with van der Waals surface area (Å²) in [5.74, 6) is -5.94. The number of fused-ring (bicyclic) bond motifs is 3. The number of allylic oxidation sites excluding steroid dienone is 1. The van der Waals surface area contributed by atoms with Gasteiger partial charge in [-0.25, -0.2) is 4.39 Å². The second-order valence-corrected chi connectivity index (χ2v) is 11.1. The first-order valence-corrected chi connectivity index (χ1v) is 13.4. The third-order valence-corrected chi connectivity index (χ3v) is 8.76. The number of aryl methyl sites for hydroxylation is 1. The van der Waals surface area contributed by atoms with Crippen molar-refractivity contribution >= 4 is 23.1 Å². The Bertz CT molecular complexity index is 1460. The van der Waals surface area contributed by atoms with E-state index >= 15 is 0 Å². The second-order valence-electron chi connectivity index (χ2n) is 11.1. The smallest absolute Gasteiger partial charge is 0.205 e. The van der Waals surface area contributed by atoms with Crippen molar-refractivity contribution in [3.05, 3.63) is 75.1 Å². The van der Waals surface area contributed by atoms with E-state index in [2.05, 4.69) is 5.32 Å². The van der Waals surface area contributed by atoms with Crippen LogP contribution in [-0.4, -0.2) is 38.9 Å². The lowest BCUT2D eigenvalue weighted by atomic mass is 9.54. The lowest BCUT2D eigenvalue weighted by Crippen LogP contribution is -2.64. The molecule has 0 amide bonds. The predicted molar refractivity (Wildman–Crippen MR) is 141 cm³/mol. The number of halogens is 1. The Morgan fingerprint density at radius 3 is 2.46 bits per heavy atom. The molecule has 7 nitrogen and oxygen atoms in total. The summed E-state index contributed by atoms with van der Waals surface area (Å²) < 4.78 is 14.0. The average Bonchev–Trinajstić information content (AvgIpc) is 2.88. The molecule has 0 bridgehead atoms. The molecule has 0 aromatic heterocycles. The highest BCUT2D eigenvalue weighted by atomic mass is 19.1. The summed E-state index contributed by atoms with van der Waals surface area (Å²) in [5, 5.41) is 25.8. The molecule has 0 radical (unpaired) electrons. The first-order chi connectivity index (χ1) is 18.5. The number of phenolic OH excluding ortho intramolecular Hbond substituents is 1. The third-order valence-electron chi connectivity index (χ3n) is 8.76. The van der Waals surface area contributed by atoms with E-state index in [1.54, 1.807) is 25.1 Å². The van der Waals surface area contributed by atoms with Crippen molar-refractivity contribution in [2.75, 3.05) is 0 Å². The number of rotatable bonds is 6. The van der Waals surface area contributed by atoms with Crippen LogP contribution in [0.5, 0.6) is 5.75 Å². The van der Waals surface area contributed by atoms with Crippen LogP contribution in [0, 0.1) is 23.6 Å². The van der Waals surface area contributed by atoms with Gasteiger partial charge in [-0.2, -0.15) is 0 Å². The Labute approximate surface area is 226 Å². The van der Waals surface area contributed by atoms with Crippen LogP contribution in [0.1, 0.15) is 66.2 Å². The molecular formula is C31H32FNO6. The first kappa shape index (κ1) is 27.1. The highest BCUT2D eigenvalue weighted by Crippen LogP contribution is 2.51. The van der Waals surface area contributed by atoms with Crippen molar-refractivity contribution in [3.8, 4) is 5.75 Å². The van der Waals surface area contributed by atoms with Gasteiger partial charge in [-0.05, 0) is 62.6 Å². The quantitative estimate of drug-likeness (QED) is 0.384. The minimum Gasteiger partial charge on any atom is -0.507 e. The first-order valence-electron chi connectivity index (χ1n) is 13.4. The third kappa shape index (κ3) is 4.17. The molecule has 0 aliphatic heterocycles. The maximum atomic E-state index is 14.0. The zero-order valence-electron chi connectivity index (χ0n) is 22.3. The van der Waals surface area contributed by atoms with Gasteiger partial charge in [-0.15, -0.1) is 0 Å². The van der Waals surface area contributed by atoms with Crippen molar-refractivity contribution in [2.24, 2.45) is 17.8 Å². The second kappa shape index (κ2) is 9.92. The van der Waals surface area contributed by atoms with E-state index in [4.69, 9.17) is 0 Å². The van der Waals surface area contributed by atoms with Crippen molar-refractivity contribution in [1.82, 2.24) is 5.32 Å². The van der Waals surface area contributed by atoms with Gasteiger partial charge in [0.1, 0.15) is 11.6 Å². The van der Waals surface area contributed by atoms with Gasteiger partial charge in [0.05, 0.1) is 17.1 Å². The maximum Gasteiger partial charge on any atom is 0.205 e. The van der Waals surface area contributed by atoms with Gasteiger partial charge in [-0.1, -0.05) is 36.8 Å². The summed E-state index contributed by atoms with van der Waals surface area (Å²) in [5.41, 5.74) is 0.480. The van der Waals surface area contributed by atoms with Crippen LogP contribution in [0.3, 0.4) is 0 Å². The Morgan fingerprint density at radius 1 is 1.10 bits per heavy atom. The summed E-state index contributed by atoms with van der Waals surface area (Å²) in [4.78, 5) is 53.2. The van der Waals surface area contributed by atoms with Gasteiger partial charge in [0.25, 0.3) is 0 Å². The Morgan fingerprint density at radius 2 is 1.79 bits per heavy atom. The van der Waals surface area contributed by atoms with Crippen molar-refractivity contribution in [3.63, 3.8) is 0 Å². The summed E-state index contributed by atoms with van der Waals surface area (Å²) in [6.45, 7) is 5.21. The standard InChI is InChI=1S/C31H32FNO6/c1-4-17-10-20(14-33-13-18-7-5-6-8-23(18)32)27(35)26-22(17)12-19-11-21-9-15(2)24(16(3)34)29(37)31(21,39)30(38)25(19)28(26)36/h5-8,10,19,21,25,33,35,39H,4,9,11-14H2,1-3H3/t19-,21-,25?,31-/m1/s1. The Kier molecular flexibility index (Phi) is 6.89. The minimum atomic E-state index is -2.43. The lowest BCUT2D eigenvalue weighted by Gasteiger charge is -2.48. The molecule has 2 aromatic carbocycles. The summed E-state index contributed by atoms with van der Waals surface area (Å²) >= 11 is 0. The number of ketones is 4. The summed E-state index contributed by atoms with van der Waals surface area (Å²) in [7, 11) is 0. The van der Waals surface area contributed by atoms with Crippen LogP contribution in [0.25, 0.3) is 0 Å². The number of aromatic hydroxyl groups is 1.